The van der Waals surface area contributed by atoms with Crippen molar-refractivity contribution >= 4 is 43.2 Å². The SMILES string of the molecule is CCNC(Cc1ccc(F)c(F)c1)c1cc(Br)c(Br)s1. The molecule has 0 radical (unpaired) electrons. The first-order valence-corrected chi connectivity index (χ1v) is 8.53. The largest absolute Gasteiger partial charge is 0.309 e. The summed E-state index contributed by atoms with van der Waals surface area (Å²) >= 11 is 8.57. The average molecular weight is 425 g/mol. The second-order valence-electron chi connectivity index (χ2n) is 4.33. The molecule has 2 aromatic rings. The lowest BCUT2D eigenvalue weighted by Crippen LogP contribution is -2.22. The highest BCUT2D eigenvalue weighted by Crippen LogP contribution is 2.36. The third-order valence-electron chi connectivity index (χ3n) is 2.88. The zero-order chi connectivity index (χ0) is 14.7. The Balaban J connectivity index is 2.22. The first kappa shape index (κ1) is 16.1. The van der Waals surface area contributed by atoms with Crippen LogP contribution < -0.4 is 5.32 Å². The van der Waals surface area contributed by atoms with Crippen LogP contribution in [0.3, 0.4) is 0 Å². The molecule has 108 valence electrons. The third-order valence-corrected chi connectivity index (χ3v) is 6.25. The van der Waals surface area contributed by atoms with Gasteiger partial charge in [0.25, 0.3) is 0 Å². The standard InChI is InChI=1S/C14H13Br2F2NS/c1-2-19-12(13-7-9(15)14(16)20-13)6-8-3-4-10(17)11(18)5-8/h3-5,7,12,19H,2,6H2,1H3. The fourth-order valence-corrected chi connectivity index (χ4v) is 4.12. The van der Waals surface area contributed by atoms with Gasteiger partial charge >= 0.3 is 0 Å². The van der Waals surface area contributed by atoms with E-state index in [-0.39, 0.29) is 6.04 Å². The van der Waals surface area contributed by atoms with Crippen LogP contribution in [0.1, 0.15) is 23.4 Å². The van der Waals surface area contributed by atoms with Crippen LogP contribution in [0.25, 0.3) is 0 Å². The van der Waals surface area contributed by atoms with Crippen molar-refractivity contribution < 1.29 is 8.78 Å². The van der Waals surface area contributed by atoms with Gasteiger partial charge in [-0.25, -0.2) is 8.78 Å². The predicted molar refractivity (Wildman–Crippen MR) is 86.2 cm³/mol. The number of hydrogen-bond donors (Lipinski definition) is 1. The summed E-state index contributed by atoms with van der Waals surface area (Å²) in [6.07, 6.45) is 0.616. The highest BCUT2D eigenvalue weighted by Gasteiger charge is 2.16. The normalized spacial score (nSPS) is 12.7. The Morgan fingerprint density at radius 1 is 1.20 bits per heavy atom. The summed E-state index contributed by atoms with van der Waals surface area (Å²) in [5.41, 5.74) is 0.774. The summed E-state index contributed by atoms with van der Waals surface area (Å²) in [7, 11) is 0. The highest BCUT2D eigenvalue weighted by atomic mass is 79.9. The molecule has 2 rings (SSSR count). The van der Waals surface area contributed by atoms with E-state index in [4.69, 9.17) is 0 Å². The molecule has 0 saturated carbocycles. The minimum absolute atomic E-state index is 0.0810. The predicted octanol–water partition coefficient (Wildman–Crippen LogP) is 5.44. The quantitative estimate of drug-likeness (QED) is 0.673. The van der Waals surface area contributed by atoms with Crippen molar-refractivity contribution in [3.05, 3.63) is 54.6 Å². The lowest BCUT2D eigenvalue weighted by Gasteiger charge is -2.16. The van der Waals surface area contributed by atoms with Crippen molar-refractivity contribution in [2.75, 3.05) is 6.54 Å². The van der Waals surface area contributed by atoms with Crippen LogP contribution in [0.2, 0.25) is 0 Å². The molecule has 0 aliphatic heterocycles. The molecular weight excluding hydrogens is 412 g/mol. The van der Waals surface area contributed by atoms with Gasteiger partial charge in [0.2, 0.25) is 0 Å². The molecule has 0 aliphatic rings. The third kappa shape index (κ3) is 3.87. The summed E-state index contributed by atoms with van der Waals surface area (Å²) in [6.45, 7) is 2.83. The Bertz CT molecular complexity index is 581. The number of thiophene rings is 1. The van der Waals surface area contributed by atoms with E-state index in [0.29, 0.717) is 6.42 Å². The minimum atomic E-state index is -0.810. The highest BCUT2D eigenvalue weighted by molar-refractivity contribution is 9.13. The maximum absolute atomic E-state index is 13.3. The van der Waals surface area contributed by atoms with Crippen LogP contribution in [-0.2, 0) is 6.42 Å². The zero-order valence-electron chi connectivity index (χ0n) is 10.7. The second kappa shape index (κ2) is 7.11. The minimum Gasteiger partial charge on any atom is -0.309 e. The van der Waals surface area contributed by atoms with Crippen LogP contribution in [0.15, 0.2) is 32.5 Å². The molecule has 1 aromatic carbocycles. The number of hydrogen-bond acceptors (Lipinski definition) is 2. The maximum atomic E-state index is 13.3. The summed E-state index contributed by atoms with van der Waals surface area (Å²) in [6, 6.07) is 6.19. The lowest BCUT2D eigenvalue weighted by molar-refractivity contribution is 0.503. The van der Waals surface area contributed by atoms with Crippen LogP contribution in [0.5, 0.6) is 0 Å². The van der Waals surface area contributed by atoms with E-state index < -0.39 is 11.6 Å². The van der Waals surface area contributed by atoms with E-state index in [9.17, 15) is 8.78 Å². The van der Waals surface area contributed by atoms with Crippen LogP contribution in [-0.4, -0.2) is 6.54 Å². The maximum Gasteiger partial charge on any atom is 0.159 e. The van der Waals surface area contributed by atoms with E-state index in [1.54, 1.807) is 17.4 Å². The Hall–Kier alpha value is -0.300. The fraction of sp³-hybridized carbons (Fsp3) is 0.286. The van der Waals surface area contributed by atoms with Crippen molar-refractivity contribution in [2.24, 2.45) is 0 Å². The molecule has 0 saturated heterocycles. The van der Waals surface area contributed by atoms with E-state index >= 15 is 0 Å². The van der Waals surface area contributed by atoms with E-state index in [1.165, 1.54) is 12.1 Å². The molecule has 6 heteroatoms. The molecule has 1 atom stereocenters. The number of nitrogens with one attached hydrogen (secondary N) is 1. The summed E-state index contributed by atoms with van der Waals surface area (Å²) in [5.74, 6) is -1.61. The van der Waals surface area contributed by atoms with E-state index in [2.05, 4.69) is 37.2 Å². The Morgan fingerprint density at radius 2 is 1.95 bits per heavy atom. The van der Waals surface area contributed by atoms with Gasteiger partial charge < -0.3 is 5.32 Å². The van der Waals surface area contributed by atoms with Crippen molar-refractivity contribution in [2.45, 2.75) is 19.4 Å². The van der Waals surface area contributed by atoms with Gasteiger partial charge in [0.05, 0.1) is 3.79 Å². The first-order valence-electron chi connectivity index (χ1n) is 6.13. The molecule has 0 fully saturated rings. The van der Waals surface area contributed by atoms with Gasteiger partial charge in [0.15, 0.2) is 11.6 Å². The molecule has 0 spiro atoms. The van der Waals surface area contributed by atoms with Crippen LogP contribution >= 0.6 is 43.2 Å². The summed E-state index contributed by atoms with van der Waals surface area (Å²) in [5, 5.41) is 3.37. The van der Waals surface area contributed by atoms with Crippen LogP contribution in [0, 0.1) is 11.6 Å². The van der Waals surface area contributed by atoms with Gasteiger partial charge in [0, 0.05) is 15.4 Å². The van der Waals surface area contributed by atoms with Crippen molar-refractivity contribution in [1.29, 1.82) is 0 Å². The van der Waals surface area contributed by atoms with Crippen molar-refractivity contribution in [1.82, 2.24) is 5.32 Å². The smallest absolute Gasteiger partial charge is 0.159 e. The van der Waals surface area contributed by atoms with Gasteiger partial charge in [-0.05, 0) is 68.6 Å². The van der Waals surface area contributed by atoms with Gasteiger partial charge in [0.1, 0.15) is 0 Å². The summed E-state index contributed by atoms with van der Waals surface area (Å²) < 4.78 is 28.3. The molecule has 0 amide bonds. The van der Waals surface area contributed by atoms with E-state index in [1.807, 2.05) is 13.0 Å². The molecule has 1 nitrogen and oxygen atoms in total. The Labute approximate surface area is 137 Å². The molecule has 1 heterocycles. The molecule has 20 heavy (non-hydrogen) atoms. The number of likely N-dealkylation sites (N-methyl/N-ethyl adjacent to an activating group) is 1. The first-order chi connectivity index (χ1) is 9.51. The van der Waals surface area contributed by atoms with Gasteiger partial charge in [-0.2, -0.15) is 0 Å². The molecule has 1 N–H and O–H groups in total. The average Bonchev–Trinajstić information content (AvgIpc) is 2.73. The Morgan fingerprint density at radius 3 is 2.50 bits per heavy atom. The second-order valence-corrected chi connectivity index (χ2v) is 7.59. The topological polar surface area (TPSA) is 12.0 Å². The van der Waals surface area contributed by atoms with Gasteiger partial charge in [-0.3, -0.25) is 0 Å². The van der Waals surface area contributed by atoms with Gasteiger partial charge in [-0.15, -0.1) is 11.3 Å². The van der Waals surface area contributed by atoms with Crippen molar-refractivity contribution in [3.63, 3.8) is 0 Å². The zero-order valence-corrected chi connectivity index (χ0v) is 14.7. The molecule has 1 unspecified atom stereocenters. The number of rotatable bonds is 5. The molecule has 0 aliphatic carbocycles. The van der Waals surface area contributed by atoms with Crippen LogP contribution in [0.4, 0.5) is 8.78 Å². The molecule has 1 aromatic heterocycles. The Kier molecular flexibility index (Phi) is 5.72. The number of halogens is 4. The number of benzene rings is 1. The monoisotopic (exact) mass is 423 g/mol. The van der Waals surface area contributed by atoms with E-state index in [0.717, 1.165) is 25.2 Å². The molecule has 0 bridgehead atoms. The molecular formula is C14H13Br2F2NS. The summed E-state index contributed by atoms with van der Waals surface area (Å²) in [4.78, 5) is 1.15. The van der Waals surface area contributed by atoms with Gasteiger partial charge in [-0.1, -0.05) is 13.0 Å². The van der Waals surface area contributed by atoms with Crippen molar-refractivity contribution in [3.8, 4) is 0 Å². The lowest BCUT2D eigenvalue weighted by atomic mass is 10.0. The fourth-order valence-electron chi connectivity index (χ4n) is 1.96.